The first-order valence-corrected chi connectivity index (χ1v) is 14.2. The summed E-state index contributed by atoms with van der Waals surface area (Å²) in [5, 5.41) is 13.4. The average Bonchev–Trinajstić information content (AvgIpc) is 3.30. The summed E-state index contributed by atoms with van der Waals surface area (Å²) >= 11 is 0. The van der Waals surface area contributed by atoms with Crippen LogP contribution in [-0.4, -0.2) is 48.7 Å². The summed E-state index contributed by atoms with van der Waals surface area (Å²) in [5.41, 5.74) is 1.41. The molecule has 194 valence electrons. The van der Waals surface area contributed by atoms with Crippen molar-refractivity contribution < 1.29 is 9.90 Å². The fraction of sp³-hybridized carbons (Fsp3) is 0.714. The van der Waals surface area contributed by atoms with Crippen molar-refractivity contribution in [2.75, 3.05) is 10.2 Å². The Morgan fingerprint density at radius 1 is 1.03 bits per heavy atom. The van der Waals surface area contributed by atoms with E-state index in [9.17, 15) is 9.90 Å². The molecule has 3 atom stereocenters. The first-order chi connectivity index (χ1) is 17.5. The van der Waals surface area contributed by atoms with Crippen LogP contribution in [0.15, 0.2) is 12.7 Å². The molecule has 2 aromatic rings. The molecule has 2 aliphatic carbocycles. The lowest BCUT2D eigenvalue weighted by Crippen LogP contribution is -2.41. The van der Waals surface area contributed by atoms with Crippen LogP contribution in [0.3, 0.4) is 0 Å². The second-order valence-corrected chi connectivity index (χ2v) is 11.8. The van der Waals surface area contributed by atoms with Crippen molar-refractivity contribution in [1.29, 1.82) is 0 Å². The van der Waals surface area contributed by atoms with E-state index in [0.717, 1.165) is 18.0 Å². The van der Waals surface area contributed by atoms with Crippen molar-refractivity contribution in [2.45, 2.75) is 109 Å². The quantitative estimate of drug-likeness (QED) is 0.460. The number of carboxylic acids is 1. The van der Waals surface area contributed by atoms with Gasteiger partial charge in [-0.2, -0.15) is 4.98 Å². The van der Waals surface area contributed by atoms with E-state index < -0.39 is 5.97 Å². The van der Waals surface area contributed by atoms with Crippen LogP contribution in [0, 0.1) is 17.8 Å². The van der Waals surface area contributed by atoms with Crippen molar-refractivity contribution in [3.8, 4) is 0 Å². The number of carboxylic acid groups (broad SMARTS) is 1. The maximum atomic E-state index is 12.0. The number of carbonyl (C=O) groups is 1. The van der Waals surface area contributed by atoms with E-state index in [1.807, 2.05) is 0 Å². The zero-order chi connectivity index (χ0) is 24.8. The van der Waals surface area contributed by atoms with Crippen molar-refractivity contribution in [3.63, 3.8) is 0 Å². The van der Waals surface area contributed by atoms with Crippen molar-refractivity contribution >= 4 is 28.9 Å². The molecule has 0 aromatic carbocycles. The number of piperidine rings is 1. The molecular weight excluding hydrogens is 452 g/mol. The number of hydrogen-bond acceptors (Lipinski definition) is 6. The minimum absolute atomic E-state index is 0.171. The summed E-state index contributed by atoms with van der Waals surface area (Å²) in [6.45, 7) is 7.10. The van der Waals surface area contributed by atoms with Gasteiger partial charge in [0.05, 0.1) is 0 Å². The number of aromatic nitrogens is 4. The van der Waals surface area contributed by atoms with Gasteiger partial charge in [-0.15, -0.1) is 6.58 Å². The minimum Gasteiger partial charge on any atom is -0.475 e. The Balaban J connectivity index is 1.44. The van der Waals surface area contributed by atoms with Crippen molar-refractivity contribution in [3.05, 3.63) is 18.5 Å². The Kier molecular flexibility index (Phi) is 6.38. The molecule has 6 rings (SSSR count). The summed E-state index contributed by atoms with van der Waals surface area (Å²) in [4.78, 5) is 28.6. The van der Waals surface area contributed by atoms with Crippen LogP contribution >= 0.6 is 0 Å². The van der Waals surface area contributed by atoms with Crippen LogP contribution in [0.25, 0.3) is 11.2 Å². The molecule has 36 heavy (non-hydrogen) atoms. The highest BCUT2D eigenvalue weighted by molar-refractivity contribution is 5.91. The van der Waals surface area contributed by atoms with Gasteiger partial charge in [-0.05, 0) is 95.3 Å². The van der Waals surface area contributed by atoms with Gasteiger partial charge in [-0.25, -0.2) is 14.8 Å². The third-order valence-electron chi connectivity index (χ3n) is 9.59. The number of allylic oxidation sites excluding steroid dienone is 1. The molecule has 0 amide bonds. The maximum Gasteiger partial charge on any atom is 0.374 e. The molecule has 2 aliphatic heterocycles. The lowest BCUT2D eigenvalue weighted by atomic mass is 9.80. The lowest BCUT2D eigenvalue weighted by Gasteiger charge is -2.37. The number of hydrogen-bond donors (Lipinski definition) is 2. The number of rotatable bonds is 8. The Morgan fingerprint density at radius 2 is 1.72 bits per heavy atom. The molecule has 2 unspecified atom stereocenters. The van der Waals surface area contributed by atoms with Gasteiger partial charge in [0.25, 0.3) is 0 Å². The predicted octanol–water partition coefficient (Wildman–Crippen LogP) is 5.64. The third-order valence-corrected chi connectivity index (χ3v) is 9.59. The zero-order valence-electron chi connectivity index (χ0n) is 21.5. The Labute approximate surface area is 213 Å². The van der Waals surface area contributed by atoms with Gasteiger partial charge in [-0.3, -0.25) is 0 Å². The van der Waals surface area contributed by atoms with Gasteiger partial charge in [0.1, 0.15) is 5.52 Å². The van der Waals surface area contributed by atoms with E-state index >= 15 is 0 Å². The van der Waals surface area contributed by atoms with Gasteiger partial charge < -0.3 is 19.9 Å². The summed E-state index contributed by atoms with van der Waals surface area (Å²) in [6.07, 6.45) is 16.7. The van der Waals surface area contributed by atoms with Gasteiger partial charge in [-0.1, -0.05) is 12.5 Å². The highest BCUT2D eigenvalue weighted by Crippen LogP contribution is 2.42. The number of nitrogens with one attached hydrogen (secondary N) is 1. The van der Waals surface area contributed by atoms with E-state index in [0.29, 0.717) is 41.3 Å². The van der Waals surface area contributed by atoms with E-state index in [1.54, 1.807) is 0 Å². The first kappa shape index (κ1) is 23.7. The van der Waals surface area contributed by atoms with Crippen molar-refractivity contribution in [2.24, 2.45) is 17.8 Å². The number of aromatic carboxylic acids is 1. The molecule has 0 spiro atoms. The molecule has 2 N–H and O–H groups in total. The summed E-state index contributed by atoms with van der Waals surface area (Å²) in [7, 11) is 0. The first-order valence-electron chi connectivity index (χ1n) is 14.2. The Hall–Kier alpha value is -2.64. The zero-order valence-corrected chi connectivity index (χ0v) is 21.5. The highest BCUT2D eigenvalue weighted by atomic mass is 16.4. The van der Waals surface area contributed by atoms with Gasteiger partial charge in [0.15, 0.2) is 11.5 Å². The molecular formula is C28H40N6O2. The second-order valence-electron chi connectivity index (χ2n) is 11.8. The molecule has 8 heteroatoms. The fourth-order valence-electron chi connectivity index (χ4n) is 7.17. The van der Waals surface area contributed by atoms with Crippen LogP contribution in [0.2, 0.25) is 0 Å². The number of anilines is 2. The lowest BCUT2D eigenvalue weighted by molar-refractivity contribution is 0.0684. The summed E-state index contributed by atoms with van der Waals surface area (Å²) < 4.78 is 2.37. The van der Waals surface area contributed by atoms with E-state index in [1.165, 1.54) is 77.0 Å². The average molecular weight is 493 g/mol. The highest BCUT2D eigenvalue weighted by Gasteiger charge is 2.40. The van der Waals surface area contributed by atoms with E-state index in [2.05, 4.69) is 44.3 Å². The standard InChI is InChI=1S/C28H40N6O2/c1-3-18-10-12-19(13-11-18)16-33-23-24(29-17(2)20-6-4-7-20)30-26(27(35)36)31-25(23)32-28(33)34-21-8-5-9-22(34)15-14-21/h3,17-22H,1,4-16H2,2H3,(H,35,36)(H,29,30,31)/t17-,18-,19-,21?,22?/m1/s1. The molecule has 4 heterocycles. The van der Waals surface area contributed by atoms with Crippen LogP contribution in [0.4, 0.5) is 11.8 Å². The summed E-state index contributed by atoms with van der Waals surface area (Å²) in [5.74, 6) is 2.14. The SMILES string of the molecule is C=C[C@H]1CC[C@H](Cn2c(N3C4CCCC3CC4)nc3nc(C(=O)O)nc(N[C@H](C)C4CCC4)c32)CC1. The van der Waals surface area contributed by atoms with Crippen LogP contribution < -0.4 is 10.2 Å². The monoisotopic (exact) mass is 492 g/mol. The molecule has 2 saturated heterocycles. The number of imidazole rings is 1. The molecule has 2 bridgehead atoms. The molecule has 2 aromatic heterocycles. The molecule has 8 nitrogen and oxygen atoms in total. The fourth-order valence-corrected chi connectivity index (χ4v) is 7.17. The molecule has 0 radical (unpaired) electrons. The van der Waals surface area contributed by atoms with Gasteiger partial charge >= 0.3 is 5.97 Å². The van der Waals surface area contributed by atoms with E-state index in [4.69, 9.17) is 4.98 Å². The normalized spacial score (nSPS) is 29.2. The van der Waals surface area contributed by atoms with E-state index in [-0.39, 0.29) is 11.9 Å². The van der Waals surface area contributed by atoms with Crippen LogP contribution in [0.1, 0.15) is 94.6 Å². The van der Waals surface area contributed by atoms with Gasteiger partial charge in [0, 0.05) is 24.7 Å². The summed E-state index contributed by atoms with van der Waals surface area (Å²) in [6, 6.07) is 1.28. The minimum atomic E-state index is -1.10. The third kappa shape index (κ3) is 4.26. The van der Waals surface area contributed by atoms with Crippen LogP contribution in [-0.2, 0) is 6.54 Å². The number of nitrogens with zero attached hydrogens (tertiary/aromatic N) is 5. The topological polar surface area (TPSA) is 96.2 Å². The van der Waals surface area contributed by atoms with Crippen molar-refractivity contribution in [1.82, 2.24) is 19.5 Å². The predicted molar refractivity (Wildman–Crippen MR) is 141 cm³/mol. The number of fused-ring (bicyclic) bond motifs is 3. The smallest absolute Gasteiger partial charge is 0.374 e. The largest absolute Gasteiger partial charge is 0.475 e. The maximum absolute atomic E-state index is 12.0. The Morgan fingerprint density at radius 3 is 2.33 bits per heavy atom. The second kappa shape index (κ2) is 9.67. The Bertz CT molecular complexity index is 1120. The van der Waals surface area contributed by atoms with Crippen LogP contribution in [0.5, 0.6) is 0 Å². The molecule has 4 aliphatic rings. The van der Waals surface area contributed by atoms with Gasteiger partial charge in [0.2, 0.25) is 11.8 Å². The molecule has 2 saturated carbocycles. The molecule has 4 fully saturated rings.